The Morgan fingerprint density at radius 2 is 1.93 bits per heavy atom. The predicted molar refractivity (Wildman–Crippen MR) is 112 cm³/mol. The summed E-state index contributed by atoms with van der Waals surface area (Å²) in [7, 11) is 1.41. The molecule has 1 aromatic rings. The topological polar surface area (TPSA) is 81.4 Å². The fourth-order valence-electron chi connectivity index (χ4n) is 4.52. The minimum atomic E-state index is -0.496. The van der Waals surface area contributed by atoms with Gasteiger partial charge in [-0.2, -0.15) is 0 Å². The number of hydrogen-bond acceptors (Lipinski definition) is 4. The van der Waals surface area contributed by atoms with Crippen LogP contribution in [0.3, 0.4) is 0 Å². The van der Waals surface area contributed by atoms with Gasteiger partial charge in [0.25, 0.3) is 0 Å². The third kappa shape index (κ3) is 6.06. The van der Waals surface area contributed by atoms with Crippen LogP contribution in [0.15, 0.2) is 30.3 Å². The molecule has 0 aromatic heterocycles. The van der Waals surface area contributed by atoms with Gasteiger partial charge in [0.05, 0.1) is 18.6 Å². The molecule has 156 valence electrons. The van der Waals surface area contributed by atoms with E-state index in [1.165, 1.54) is 38.9 Å². The number of unbranched alkanes of at least 4 members (excludes halogenated alkanes) is 2. The number of nitrogens with one attached hydrogen (secondary N) is 1. The highest BCUT2D eigenvalue weighted by molar-refractivity contribution is 5.77. The number of benzene rings is 1. The molecule has 0 bridgehead atoms. The third-order valence-electron chi connectivity index (χ3n) is 6.06. The first-order valence-corrected chi connectivity index (χ1v) is 10.6. The molecule has 3 N–H and O–H groups in total. The molecule has 5 nitrogen and oxygen atoms in total. The summed E-state index contributed by atoms with van der Waals surface area (Å²) < 4.78 is 4.87. The zero-order valence-corrected chi connectivity index (χ0v) is 17.6. The van der Waals surface area contributed by atoms with Crippen molar-refractivity contribution < 1.29 is 14.3 Å². The van der Waals surface area contributed by atoms with Crippen LogP contribution in [-0.2, 0) is 20.7 Å². The first-order valence-electron chi connectivity index (χ1n) is 10.6. The average Bonchev–Trinajstić information content (AvgIpc) is 2.64. The van der Waals surface area contributed by atoms with Gasteiger partial charge in [0.2, 0.25) is 5.91 Å². The average molecular weight is 389 g/mol. The van der Waals surface area contributed by atoms with Gasteiger partial charge in [-0.25, -0.2) is 0 Å². The quantitative estimate of drug-likeness (QED) is 0.448. The Balaban J connectivity index is 2.06. The molecule has 0 aliphatic heterocycles. The van der Waals surface area contributed by atoms with Crippen LogP contribution in [0, 0.1) is 11.8 Å². The van der Waals surface area contributed by atoms with Crippen LogP contribution in [0.5, 0.6) is 0 Å². The summed E-state index contributed by atoms with van der Waals surface area (Å²) in [4.78, 5) is 23.7. The summed E-state index contributed by atoms with van der Waals surface area (Å²) in [6, 6.07) is 10.3. The first kappa shape index (κ1) is 22.4. The van der Waals surface area contributed by atoms with E-state index in [1.807, 2.05) is 6.07 Å². The molecule has 1 amide bonds. The van der Waals surface area contributed by atoms with E-state index < -0.39 is 5.54 Å². The predicted octanol–water partition coefficient (Wildman–Crippen LogP) is 3.60. The Morgan fingerprint density at radius 3 is 2.50 bits per heavy atom. The fourth-order valence-corrected chi connectivity index (χ4v) is 4.52. The smallest absolute Gasteiger partial charge is 0.308 e. The Hall–Kier alpha value is -1.88. The molecule has 2 rings (SSSR count). The maximum atomic E-state index is 11.9. The summed E-state index contributed by atoms with van der Waals surface area (Å²) in [5.74, 6) is -0.0105. The molecule has 1 saturated carbocycles. The zero-order chi connectivity index (χ0) is 20.6. The number of esters is 1. The molecule has 1 aliphatic rings. The van der Waals surface area contributed by atoms with Crippen molar-refractivity contribution in [3.63, 3.8) is 0 Å². The lowest BCUT2D eigenvalue weighted by Crippen LogP contribution is -2.68. The Kier molecular flexibility index (Phi) is 8.49. The number of ether oxygens (including phenoxy) is 1. The van der Waals surface area contributed by atoms with Crippen molar-refractivity contribution in [2.75, 3.05) is 7.11 Å². The van der Waals surface area contributed by atoms with E-state index in [2.05, 4.69) is 36.5 Å². The van der Waals surface area contributed by atoms with Crippen LogP contribution in [0.4, 0.5) is 0 Å². The van der Waals surface area contributed by atoms with Gasteiger partial charge in [-0.3, -0.25) is 9.59 Å². The monoisotopic (exact) mass is 388 g/mol. The van der Waals surface area contributed by atoms with Crippen LogP contribution in [-0.4, -0.2) is 30.6 Å². The maximum absolute atomic E-state index is 11.9. The molecule has 5 heteroatoms. The van der Waals surface area contributed by atoms with Gasteiger partial charge >= 0.3 is 5.97 Å². The van der Waals surface area contributed by atoms with Crippen molar-refractivity contribution in [1.29, 1.82) is 0 Å². The van der Waals surface area contributed by atoms with Crippen LogP contribution in [0.2, 0.25) is 0 Å². The van der Waals surface area contributed by atoms with Gasteiger partial charge < -0.3 is 15.8 Å². The van der Waals surface area contributed by atoms with Crippen LogP contribution in [0.1, 0.15) is 64.4 Å². The Bertz CT molecular complexity index is 626. The molecule has 1 fully saturated rings. The van der Waals surface area contributed by atoms with E-state index in [9.17, 15) is 9.59 Å². The third-order valence-corrected chi connectivity index (χ3v) is 6.06. The molecule has 0 radical (unpaired) electrons. The molecule has 1 aromatic carbocycles. The summed E-state index contributed by atoms with van der Waals surface area (Å²) >= 11 is 0. The molecule has 0 spiro atoms. The van der Waals surface area contributed by atoms with E-state index in [0.29, 0.717) is 18.8 Å². The lowest BCUT2D eigenvalue weighted by atomic mass is 9.62. The van der Waals surface area contributed by atoms with Crippen LogP contribution in [0.25, 0.3) is 0 Å². The van der Waals surface area contributed by atoms with E-state index in [0.717, 1.165) is 19.3 Å². The summed E-state index contributed by atoms with van der Waals surface area (Å²) in [5, 5.41) is 3.07. The van der Waals surface area contributed by atoms with Crippen LogP contribution < -0.4 is 11.1 Å². The standard InChI is InChI=1S/C23H36N2O3/c1-4-5-7-12-19(13-18-10-8-6-9-11-18)14-21(24)23(25-17(2)26)15-20(16-23)22(27)28-3/h6,8-11,19-21H,4-5,7,12-16,24H2,1-3H3,(H,25,26). The SMILES string of the molecule is CCCCCC(Cc1ccccc1)CC(N)C1(NC(C)=O)CC(C(=O)OC)C1. The van der Waals surface area contributed by atoms with E-state index >= 15 is 0 Å². The summed E-state index contributed by atoms with van der Waals surface area (Å²) in [6.07, 6.45) is 7.71. The second-order valence-electron chi connectivity index (χ2n) is 8.36. The molecular formula is C23H36N2O3. The molecule has 2 unspecified atom stereocenters. The second kappa shape index (κ2) is 10.6. The van der Waals surface area contributed by atoms with Crippen molar-refractivity contribution in [2.45, 2.75) is 76.8 Å². The van der Waals surface area contributed by atoms with E-state index in [1.54, 1.807) is 0 Å². The molecule has 0 saturated heterocycles. The zero-order valence-electron chi connectivity index (χ0n) is 17.6. The minimum absolute atomic E-state index is 0.0932. The van der Waals surface area contributed by atoms with E-state index in [-0.39, 0.29) is 23.8 Å². The Labute approximate surface area is 169 Å². The van der Waals surface area contributed by atoms with Gasteiger partial charge in [-0.15, -0.1) is 0 Å². The van der Waals surface area contributed by atoms with Gasteiger partial charge in [0.1, 0.15) is 0 Å². The van der Waals surface area contributed by atoms with Gasteiger partial charge in [-0.05, 0) is 37.2 Å². The van der Waals surface area contributed by atoms with Crippen molar-refractivity contribution in [2.24, 2.45) is 17.6 Å². The highest BCUT2D eigenvalue weighted by Gasteiger charge is 2.52. The molecule has 0 heterocycles. The van der Waals surface area contributed by atoms with Crippen molar-refractivity contribution >= 4 is 11.9 Å². The number of amides is 1. The minimum Gasteiger partial charge on any atom is -0.469 e. The number of nitrogens with two attached hydrogens (primary N) is 1. The van der Waals surface area contributed by atoms with Crippen LogP contribution >= 0.6 is 0 Å². The van der Waals surface area contributed by atoms with Gasteiger partial charge in [0, 0.05) is 13.0 Å². The number of carbonyl (C=O) groups excluding carboxylic acids is 2. The number of carbonyl (C=O) groups is 2. The van der Waals surface area contributed by atoms with Crippen molar-refractivity contribution in [3.05, 3.63) is 35.9 Å². The largest absolute Gasteiger partial charge is 0.469 e. The molecule has 2 atom stereocenters. The van der Waals surface area contributed by atoms with Gasteiger partial charge in [0.15, 0.2) is 0 Å². The van der Waals surface area contributed by atoms with Crippen molar-refractivity contribution in [1.82, 2.24) is 5.32 Å². The Morgan fingerprint density at radius 1 is 1.25 bits per heavy atom. The lowest BCUT2D eigenvalue weighted by Gasteiger charge is -2.51. The summed E-state index contributed by atoms with van der Waals surface area (Å²) in [5.41, 5.74) is 7.49. The highest BCUT2D eigenvalue weighted by atomic mass is 16.5. The number of rotatable bonds is 11. The summed E-state index contributed by atoms with van der Waals surface area (Å²) in [6.45, 7) is 3.73. The second-order valence-corrected chi connectivity index (χ2v) is 8.36. The highest BCUT2D eigenvalue weighted by Crippen LogP contribution is 2.42. The molecule has 28 heavy (non-hydrogen) atoms. The van der Waals surface area contributed by atoms with E-state index in [4.69, 9.17) is 10.5 Å². The molecular weight excluding hydrogens is 352 g/mol. The number of methoxy groups -OCH3 is 1. The molecule has 1 aliphatic carbocycles. The van der Waals surface area contributed by atoms with Gasteiger partial charge in [-0.1, -0.05) is 62.9 Å². The van der Waals surface area contributed by atoms with Crippen molar-refractivity contribution in [3.8, 4) is 0 Å². The lowest BCUT2D eigenvalue weighted by molar-refractivity contribution is -0.153. The normalized spacial score (nSPS) is 23.4. The maximum Gasteiger partial charge on any atom is 0.308 e. The first-order chi connectivity index (χ1) is 13.4. The number of hydrogen-bond donors (Lipinski definition) is 2. The fraction of sp³-hybridized carbons (Fsp3) is 0.652.